The van der Waals surface area contributed by atoms with Gasteiger partial charge in [-0.1, -0.05) is 6.07 Å². The Morgan fingerprint density at radius 3 is 2.56 bits per heavy atom. The van der Waals surface area contributed by atoms with Crippen LogP contribution in [0.4, 0.5) is 0 Å². The Kier molecular flexibility index (Phi) is 5.37. The molecule has 2 rings (SSSR count). The van der Waals surface area contributed by atoms with Gasteiger partial charge in [-0.3, -0.25) is 9.59 Å². The second-order valence-electron chi connectivity index (χ2n) is 6.33. The standard InChI is InChI=1S/C18H23NO6/c1-11(20)25-15(18(2,3)22)10-24-13-8-6-7-12-14(23-5)9-16(21)19(4)17(12)13/h6-9,15,22H,10H2,1-5H3. The van der Waals surface area contributed by atoms with Crippen LogP contribution in [0, 0.1) is 0 Å². The molecule has 0 bridgehead atoms. The minimum absolute atomic E-state index is 0.0619. The summed E-state index contributed by atoms with van der Waals surface area (Å²) in [5.41, 5.74) is -0.955. The Balaban J connectivity index is 2.43. The average Bonchev–Trinajstić information content (AvgIpc) is 2.53. The van der Waals surface area contributed by atoms with Crippen molar-refractivity contribution in [2.75, 3.05) is 13.7 Å². The number of benzene rings is 1. The summed E-state index contributed by atoms with van der Waals surface area (Å²) in [7, 11) is 3.13. The van der Waals surface area contributed by atoms with E-state index in [2.05, 4.69) is 0 Å². The zero-order chi connectivity index (χ0) is 18.8. The summed E-state index contributed by atoms with van der Waals surface area (Å²) in [6, 6.07) is 6.70. The van der Waals surface area contributed by atoms with Gasteiger partial charge in [0.15, 0.2) is 6.10 Å². The van der Waals surface area contributed by atoms with E-state index in [-0.39, 0.29) is 12.2 Å². The maximum absolute atomic E-state index is 12.1. The molecular formula is C18H23NO6. The highest BCUT2D eigenvalue weighted by Crippen LogP contribution is 2.30. The van der Waals surface area contributed by atoms with Crippen molar-refractivity contribution in [1.29, 1.82) is 0 Å². The smallest absolute Gasteiger partial charge is 0.303 e. The molecule has 0 amide bonds. The van der Waals surface area contributed by atoms with Crippen LogP contribution in [-0.4, -0.2) is 41.1 Å². The van der Waals surface area contributed by atoms with Crippen LogP contribution < -0.4 is 15.0 Å². The van der Waals surface area contributed by atoms with Gasteiger partial charge in [-0.05, 0) is 26.0 Å². The number of hydrogen-bond acceptors (Lipinski definition) is 6. The predicted molar refractivity (Wildman–Crippen MR) is 93.1 cm³/mol. The van der Waals surface area contributed by atoms with Crippen molar-refractivity contribution < 1.29 is 24.1 Å². The van der Waals surface area contributed by atoms with Crippen molar-refractivity contribution >= 4 is 16.9 Å². The van der Waals surface area contributed by atoms with Gasteiger partial charge >= 0.3 is 5.97 Å². The van der Waals surface area contributed by atoms with Crippen LogP contribution in [0.3, 0.4) is 0 Å². The molecule has 136 valence electrons. The molecule has 0 fully saturated rings. The Morgan fingerprint density at radius 2 is 2.00 bits per heavy atom. The highest BCUT2D eigenvalue weighted by Gasteiger charge is 2.30. The van der Waals surface area contributed by atoms with E-state index in [4.69, 9.17) is 14.2 Å². The number of ether oxygens (including phenoxy) is 3. The van der Waals surface area contributed by atoms with Crippen LogP contribution in [0.5, 0.6) is 11.5 Å². The third kappa shape index (κ3) is 4.11. The Morgan fingerprint density at radius 1 is 1.32 bits per heavy atom. The topological polar surface area (TPSA) is 87.0 Å². The molecule has 2 aromatic rings. The van der Waals surface area contributed by atoms with Gasteiger partial charge in [0.25, 0.3) is 5.56 Å². The molecule has 0 aliphatic carbocycles. The number of rotatable bonds is 6. The molecule has 0 saturated heterocycles. The van der Waals surface area contributed by atoms with E-state index in [0.717, 1.165) is 5.39 Å². The molecule has 0 spiro atoms. The Bertz CT molecular complexity index is 834. The first kappa shape index (κ1) is 18.8. The molecule has 0 saturated carbocycles. The molecule has 1 atom stereocenters. The number of aryl methyl sites for hydroxylation is 1. The van der Waals surface area contributed by atoms with E-state index in [1.54, 1.807) is 19.2 Å². The summed E-state index contributed by atoms with van der Waals surface area (Å²) in [5, 5.41) is 10.9. The lowest BCUT2D eigenvalue weighted by Crippen LogP contribution is -2.43. The quantitative estimate of drug-likeness (QED) is 0.798. The van der Waals surface area contributed by atoms with Crippen molar-refractivity contribution in [3.63, 3.8) is 0 Å². The fourth-order valence-electron chi connectivity index (χ4n) is 2.50. The first-order valence-corrected chi connectivity index (χ1v) is 7.84. The van der Waals surface area contributed by atoms with Crippen LogP contribution in [0.1, 0.15) is 20.8 Å². The number of methoxy groups -OCH3 is 1. The van der Waals surface area contributed by atoms with Crippen LogP contribution >= 0.6 is 0 Å². The number of aromatic nitrogens is 1. The van der Waals surface area contributed by atoms with E-state index in [1.165, 1.54) is 38.5 Å². The summed E-state index contributed by atoms with van der Waals surface area (Å²) in [6.45, 7) is 4.27. The third-order valence-corrected chi connectivity index (χ3v) is 3.89. The lowest BCUT2D eigenvalue weighted by molar-refractivity contribution is -0.162. The summed E-state index contributed by atoms with van der Waals surface area (Å²) in [4.78, 5) is 23.4. The van der Waals surface area contributed by atoms with Gasteiger partial charge in [0.1, 0.15) is 18.1 Å². The van der Waals surface area contributed by atoms with E-state index >= 15 is 0 Å². The van der Waals surface area contributed by atoms with Crippen molar-refractivity contribution in [1.82, 2.24) is 4.57 Å². The molecular weight excluding hydrogens is 326 g/mol. The number of nitrogens with zero attached hydrogens (tertiary/aromatic N) is 1. The van der Waals surface area contributed by atoms with E-state index in [1.807, 2.05) is 6.07 Å². The predicted octanol–water partition coefficient (Wildman–Crippen LogP) is 1.63. The fraction of sp³-hybridized carbons (Fsp3) is 0.444. The lowest BCUT2D eigenvalue weighted by Gasteiger charge is -2.28. The second kappa shape index (κ2) is 7.14. The molecule has 25 heavy (non-hydrogen) atoms. The summed E-state index contributed by atoms with van der Waals surface area (Å²) < 4.78 is 17.7. The third-order valence-electron chi connectivity index (χ3n) is 3.89. The summed E-state index contributed by atoms with van der Waals surface area (Å²) in [5.74, 6) is 0.364. The van der Waals surface area contributed by atoms with Crippen LogP contribution in [-0.2, 0) is 16.6 Å². The summed E-state index contributed by atoms with van der Waals surface area (Å²) in [6.07, 6.45) is -0.858. The van der Waals surface area contributed by atoms with Gasteiger partial charge in [-0.25, -0.2) is 0 Å². The van der Waals surface area contributed by atoms with Gasteiger partial charge in [0, 0.05) is 25.4 Å². The summed E-state index contributed by atoms with van der Waals surface area (Å²) >= 11 is 0. The number of esters is 1. The first-order valence-electron chi connectivity index (χ1n) is 7.84. The number of carbonyl (C=O) groups is 1. The maximum atomic E-state index is 12.1. The monoisotopic (exact) mass is 349 g/mol. The van der Waals surface area contributed by atoms with Gasteiger partial charge in [-0.15, -0.1) is 0 Å². The molecule has 0 aliphatic heterocycles. The van der Waals surface area contributed by atoms with Gasteiger partial charge in [0.2, 0.25) is 0 Å². The highest BCUT2D eigenvalue weighted by atomic mass is 16.6. The molecule has 1 aromatic heterocycles. The van der Waals surface area contributed by atoms with Crippen molar-refractivity contribution in [3.8, 4) is 11.5 Å². The van der Waals surface area contributed by atoms with Crippen LogP contribution in [0.25, 0.3) is 10.9 Å². The van der Waals surface area contributed by atoms with Gasteiger partial charge in [-0.2, -0.15) is 0 Å². The second-order valence-corrected chi connectivity index (χ2v) is 6.33. The lowest BCUT2D eigenvalue weighted by atomic mass is 10.0. The zero-order valence-electron chi connectivity index (χ0n) is 15.0. The molecule has 1 heterocycles. The number of fused-ring (bicyclic) bond motifs is 1. The number of hydrogen-bond donors (Lipinski definition) is 1. The normalized spacial score (nSPS) is 12.7. The fourth-order valence-corrected chi connectivity index (χ4v) is 2.50. The average molecular weight is 349 g/mol. The zero-order valence-corrected chi connectivity index (χ0v) is 15.0. The molecule has 1 unspecified atom stereocenters. The van der Waals surface area contributed by atoms with E-state index in [0.29, 0.717) is 17.0 Å². The van der Waals surface area contributed by atoms with Gasteiger partial charge in [0.05, 0.1) is 18.2 Å². The number of carbonyl (C=O) groups excluding carboxylic acids is 1. The molecule has 1 aromatic carbocycles. The highest BCUT2D eigenvalue weighted by molar-refractivity contribution is 5.90. The van der Waals surface area contributed by atoms with Crippen LogP contribution in [0.2, 0.25) is 0 Å². The minimum atomic E-state index is -1.28. The van der Waals surface area contributed by atoms with Crippen molar-refractivity contribution in [2.45, 2.75) is 32.5 Å². The number of pyridine rings is 1. The molecule has 0 aliphatic rings. The number of para-hydroxylation sites is 1. The molecule has 7 nitrogen and oxygen atoms in total. The maximum Gasteiger partial charge on any atom is 0.303 e. The van der Waals surface area contributed by atoms with Gasteiger partial charge < -0.3 is 23.9 Å². The van der Waals surface area contributed by atoms with Crippen molar-refractivity contribution in [2.24, 2.45) is 7.05 Å². The number of aliphatic hydroxyl groups is 1. The largest absolute Gasteiger partial charge is 0.496 e. The molecule has 0 radical (unpaired) electrons. The van der Waals surface area contributed by atoms with E-state index < -0.39 is 17.7 Å². The molecule has 1 N–H and O–H groups in total. The Labute approximate surface area is 145 Å². The molecule has 7 heteroatoms. The SMILES string of the molecule is COc1cc(=O)n(C)c2c(OCC(OC(C)=O)C(C)(C)O)cccc12. The Hall–Kier alpha value is -2.54. The first-order chi connectivity index (χ1) is 11.6. The van der Waals surface area contributed by atoms with Crippen molar-refractivity contribution in [3.05, 3.63) is 34.6 Å². The van der Waals surface area contributed by atoms with Crippen LogP contribution in [0.15, 0.2) is 29.1 Å². The van der Waals surface area contributed by atoms with E-state index in [9.17, 15) is 14.7 Å². The minimum Gasteiger partial charge on any atom is -0.496 e.